The monoisotopic (exact) mass is 308 g/mol. The molecular formula is C13H9F5O3. The highest BCUT2D eigenvalue weighted by Crippen LogP contribution is 2.25. The SMILES string of the molecule is CCCC(=O)C(=Cc1c(F)c(F)c(F)c(F)c1F)C(=O)O. The lowest BCUT2D eigenvalue weighted by Crippen LogP contribution is -2.13. The van der Waals surface area contributed by atoms with Gasteiger partial charge in [-0.25, -0.2) is 26.7 Å². The van der Waals surface area contributed by atoms with Crippen LogP contribution in [-0.4, -0.2) is 16.9 Å². The molecule has 21 heavy (non-hydrogen) atoms. The first kappa shape index (κ1) is 16.8. The van der Waals surface area contributed by atoms with E-state index in [1.54, 1.807) is 6.92 Å². The van der Waals surface area contributed by atoms with Gasteiger partial charge in [-0.05, 0) is 12.5 Å². The molecular weight excluding hydrogens is 299 g/mol. The lowest BCUT2D eigenvalue weighted by atomic mass is 10.0. The van der Waals surface area contributed by atoms with Crippen molar-refractivity contribution in [2.75, 3.05) is 0 Å². The molecule has 0 amide bonds. The van der Waals surface area contributed by atoms with E-state index in [4.69, 9.17) is 5.11 Å². The number of Topliss-reactive ketones (excluding diaryl/α,β-unsaturated/α-hetero) is 1. The molecule has 0 heterocycles. The highest BCUT2D eigenvalue weighted by atomic mass is 19.2. The molecule has 0 unspecified atom stereocenters. The van der Waals surface area contributed by atoms with Gasteiger partial charge in [0.15, 0.2) is 29.1 Å². The average molecular weight is 308 g/mol. The van der Waals surface area contributed by atoms with E-state index in [1.807, 2.05) is 0 Å². The van der Waals surface area contributed by atoms with Gasteiger partial charge in [-0.1, -0.05) is 6.92 Å². The summed E-state index contributed by atoms with van der Waals surface area (Å²) in [7, 11) is 0. The summed E-state index contributed by atoms with van der Waals surface area (Å²) in [5, 5.41) is 8.81. The fourth-order valence-electron chi connectivity index (χ4n) is 1.52. The number of halogens is 5. The van der Waals surface area contributed by atoms with E-state index in [-0.39, 0.29) is 18.9 Å². The van der Waals surface area contributed by atoms with Crippen molar-refractivity contribution in [1.82, 2.24) is 0 Å². The first-order valence-corrected chi connectivity index (χ1v) is 5.71. The fourth-order valence-corrected chi connectivity index (χ4v) is 1.52. The third-order valence-corrected chi connectivity index (χ3v) is 2.54. The van der Waals surface area contributed by atoms with Crippen LogP contribution in [0.3, 0.4) is 0 Å². The van der Waals surface area contributed by atoms with Crippen LogP contribution < -0.4 is 0 Å². The van der Waals surface area contributed by atoms with Gasteiger partial charge in [-0.2, -0.15) is 0 Å². The standard InChI is InChI=1S/C13H9F5O3/c1-2-3-7(19)5(13(20)21)4-6-8(14)10(16)12(18)11(17)9(6)15/h4H,2-3H2,1H3,(H,20,21). The van der Waals surface area contributed by atoms with Gasteiger partial charge in [-0.15, -0.1) is 0 Å². The first-order valence-electron chi connectivity index (χ1n) is 5.71. The summed E-state index contributed by atoms with van der Waals surface area (Å²) in [6.45, 7) is 1.55. The van der Waals surface area contributed by atoms with Crippen LogP contribution in [0.5, 0.6) is 0 Å². The number of hydrogen-bond acceptors (Lipinski definition) is 2. The van der Waals surface area contributed by atoms with Crippen LogP contribution in [0.1, 0.15) is 25.3 Å². The van der Waals surface area contributed by atoms with Crippen molar-refractivity contribution >= 4 is 17.8 Å². The van der Waals surface area contributed by atoms with Crippen LogP contribution in [0.4, 0.5) is 22.0 Å². The van der Waals surface area contributed by atoms with E-state index in [9.17, 15) is 31.5 Å². The van der Waals surface area contributed by atoms with Crippen molar-refractivity contribution in [2.45, 2.75) is 19.8 Å². The van der Waals surface area contributed by atoms with Gasteiger partial charge in [0.25, 0.3) is 0 Å². The van der Waals surface area contributed by atoms with Crippen molar-refractivity contribution < 1.29 is 36.6 Å². The maximum atomic E-state index is 13.4. The number of benzene rings is 1. The van der Waals surface area contributed by atoms with Crippen molar-refractivity contribution in [1.29, 1.82) is 0 Å². The quantitative estimate of drug-likeness (QED) is 0.227. The zero-order valence-electron chi connectivity index (χ0n) is 10.6. The summed E-state index contributed by atoms with van der Waals surface area (Å²) in [5.41, 5.74) is -2.52. The number of carbonyl (C=O) groups excluding carboxylic acids is 1. The molecule has 0 aliphatic heterocycles. The Hall–Kier alpha value is -2.25. The van der Waals surface area contributed by atoms with Crippen LogP contribution in [0.25, 0.3) is 6.08 Å². The Balaban J connectivity index is 3.55. The van der Waals surface area contributed by atoms with Crippen molar-refractivity contribution in [2.24, 2.45) is 0 Å². The molecule has 0 aliphatic rings. The molecule has 1 rings (SSSR count). The summed E-state index contributed by atoms with van der Waals surface area (Å²) < 4.78 is 65.6. The molecule has 1 N–H and O–H groups in total. The molecule has 0 bridgehead atoms. The molecule has 114 valence electrons. The number of rotatable bonds is 5. The maximum Gasteiger partial charge on any atom is 0.339 e. The van der Waals surface area contributed by atoms with Gasteiger partial charge in [0, 0.05) is 6.42 Å². The summed E-state index contributed by atoms with van der Waals surface area (Å²) in [6.07, 6.45) is 0.157. The van der Waals surface area contributed by atoms with E-state index in [1.165, 1.54) is 0 Å². The molecule has 0 spiro atoms. The third-order valence-electron chi connectivity index (χ3n) is 2.54. The molecule has 0 aliphatic carbocycles. The third kappa shape index (κ3) is 3.26. The number of hydrogen-bond donors (Lipinski definition) is 1. The number of aliphatic carboxylic acids is 1. The second-order valence-electron chi connectivity index (χ2n) is 4.02. The minimum atomic E-state index is -2.36. The number of ketones is 1. The van der Waals surface area contributed by atoms with Gasteiger partial charge in [0.2, 0.25) is 5.82 Å². The maximum absolute atomic E-state index is 13.4. The average Bonchev–Trinajstić information content (AvgIpc) is 2.43. The highest BCUT2D eigenvalue weighted by molar-refractivity contribution is 6.20. The smallest absolute Gasteiger partial charge is 0.339 e. The predicted molar refractivity (Wildman–Crippen MR) is 61.8 cm³/mol. The summed E-state index contributed by atoms with van der Waals surface area (Å²) >= 11 is 0. The fraction of sp³-hybridized carbons (Fsp3) is 0.231. The van der Waals surface area contributed by atoms with E-state index in [0.717, 1.165) is 0 Å². The zero-order chi connectivity index (χ0) is 16.3. The summed E-state index contributed by atoms with van der Waals surface area (Å²) in [5.74, 6) is -14.0. The van der Waals surface area contributed by atoms with Crippen LogP contribution in [-0.2, 0) is 9.59 Å². The molecule has 1 aromatic rings. The Morgan fingerprint density at radius 2 is 1.38 bits per heavy atom. The normalized spacial score (nSPS) is 11.6. The molecule has 0 saturated carbocycles. The lowest BCUT2D eigenvalue weighted by Gasteiger charge is -2.06. The molecule has 0 saturated heterocycles. The minimum Gasteiger partial charge on any atom is -0.478 e. The van der Waals surface area contributed by atoms with Gasteiger partial charge < -0.3 is 5.11 Å². The van der Waals surface area contributed by atoms with Gasteiger partial charge in [0.1, 0.15) is 5.57 Å². The second kappa shape index (κ2) is 6.47. The van der Waals surface area contributed by atoms with Crippen LogP contribution in [0.15, 0.2) is 5.57 Å². The van der Waals surface area contributed by atoms with Gasteiger partial charge in [-0.3, -0.25) is 4.79 Å². The number of carboxylic acids is 1. The number of carboxylic acid groups (broad SMARTS) is 1. The molecule has 0 fully saturated rings. The van der Waals surface area contributed by atoms with Crippen LogP contribution in [0.2, 0.25) is 0 Å². The van der Waals surface area contributed by atoms with Crippen molar-refractivity contribution in [3.05, 3.63) is 40.2 Å². The van der Waals surface area contributed by atoms with Crippen molar-refractivity contribution in [3.8, 4) is 0 Å². The Kier molecular flexibility index (Phi) is 5.17. The Bertz CT molecular complexity index is 608. The Labute approximate surface area is 115 Å². The molecule has 3 nitrogen and oxygen atoms in total. The minimum absolute atomic E-state index is 0.149. The number of carbonyl (C=O) groups is 2. The molecule has 1 aromatic carbocycles. The van der Waals surface area contributed by atoms with Gasteiger partial charge >= 0.3 is 5.97 Å². The topological polar surface area (TPSA) is 54.4 Å². The van der Waals surface area contributed by atoms with E-state index in [2.05, 4.69) is 0 Å². The zero-order valence-corrected chi connectivity index (χ0v) is 10.6. The molecule has 0 atom stereocenters. The first-order chi connectivity index (χ1) is 9.72. The van der Waals surface area contributed by atoms with E-state index >= 15 is 0 Å². The van der Waals surface area contributed by atoms with Crippen molar-refractivity contribution in [3.63, 3.8) is 0 Å². The van der Waals surface area contributed by atoms with Gasteiger partial charge in [0.05, 0.1) is 5.56 Å². The Morgan fingerprint density at radius 1 is 0.952 bits per heavy atom. The summed E-state index contributed by atoms with van der Waals surface area (Å²) in [6, 6.07) is 0. The molecule has 8 heteroatoms. The predicted octanol–water partition coefficient (Wildman–Crippen LogP) is 3.22. The highest BCUT2D eigenvalue weighted by Gasteiger charge is 2.26. The van der Waals surface area contributed by atoms with Crippen LogP contribution >= 0.6 is 0 Å². The van der Waals surface area contributed by atoms with E-state index in [0.29, 0.717) is 0 Å². The van der Waals surface area contributed by atoms with E-state index < -0.39 is 52.0 Å². The Morgan fingerprint density at radius 3 is 1.76 bits per heavy atom. The molecule has 0 aromatic heterocycles. The second-order valence-corrected chi connectivity index (χ2v) is 4.02. The lowest BCUT2D eigenvalue weighted by molar-refractivity contribution is -0.134. The molecule has 0 radical (unpaired) electrons. The summed E-state index contributed by atoms with van der Waals surface area (Å²) in [4.78, 5) is 22.4. The van der Waals surface area contributed by atoms with Crippen LogP contribution in [0, 0.1) is 29.1 Å². The largest absolute Gasteiger partial charge is 0.478 e.